The molecule has 1 aromatic carbocycles. The Labute approximate surface area is 104 Å². The van der Waals surface area contributed by atoms with Gasteiger partial charge in [0.2, 0.25) is 0 Å². The second-order valence-corrected chi connectivity index (χ2v) is 4.93. The van der Waals surface area contributed by atoms with Gasteiger partial charge in [-0.25, -0.2) is 0 Å². The molecule has 1 aliphatic heterocycles. The normalized spacial score (nSPS) is 15.6. The topological polar surface area (TPSA) is 21.3 Å². The van der Waals surface area contributed by atoms with Crippen LogP contribution in [0.1, 0.15) is 31.7 Å². The minimum absolute atomic E-state index is 0.839. The highest BCUT2D eigenvalue weighted by Crippen LogP contribution is 2.17. The van der Waals surface area contributed by atoms with E-state index in [1.165, 1.54) is 37.9 Å². The standard InChI is InChI=1S/C15H23NO/c1-2-3-4-9-17-15-7-5-13(6-8-15)10-14-11-16-12-14/h5-8,14,16H,2-4,9-12H2,1H3. The molecule has 0 spiro atoms. The van der Waals surface area contributed by atoms with Crippen molar-refractivity contribution in [1.82, 2.24) is 5.32 Å². The van der Waals surface area contributed by atoms with Crippen LogP contribution in [0.15, 0.2) is 24.3 Å². The molecule has 1 aliphatic rings. The maximum atomic E-state index is 5.70. The highest BCUT2D eigenvalue weighted by Gasteiger charge is 2.16. The number of ether oxygens (including phenoxy) is 1. The van der Waals surface area contributed by atoms with Crippen molar-refractivity contribution in [2.75, 3.05) is 19.7 Å². The summed E-state index contributed by atoms with van der Waals surface area (Å²) in [5.74, 6) is 1.85. The Hall–Kier alpha value is -1.02. The average molecular weight is 233 g/mol. The van der Waals surface area contributed by atoms with E-state index in [0.717, 1.165) is 24.7 Å². The summed E-state index contributed by atoms with van der Waals surface area (Å²) in [6.07, 6.45) is 4.86. The molecule has 2 heteroatoms. The second kappa shape index (κ2) is 6.65. The first-order valence-corrected chi connectivity index (χ1v) is 6.81. The fourth-order valence-electron chi connectivity index (χ4n) is 2.09. The van der Waals surface area contributed by atoms with E-state index in [2.05, 4.69) is 36.5 Å². The Balaban J connectivity index is 1.72. The quantitative estimate of drug-likeness (QED) is 0.731. The number of hydrogen-bond donors (Lipinski definition) is 1. The maximum Gasteiger partial charge on any atom is 0.119 e. The molecule has 0 atom stereocenters. The molecule has 94 valence electrons. The van der Waals surface area contributed by atoms with Crippen molar-refractivity contribution < 1.29 is 4.74 Å². The van der Waals surface area contributed by atoms with Gasteiger partial charge in [0.15, 0.2) is 0 Å². The zero-order valence-electron chi connectivity index (χ0n) is 10.7. The Morgan fingerprint density at radius 2 is 1.94 bits per heavy atom. The van der Waals surface area contributed by atoms with Crippen LogP contribution in [-0.4, -0.2) is 19.7 Å². The number of unbranched alkanes of at least 4 members (excludes halogenated alkanes) is 2. The smallest absolute Gasteiger partial charge is 0.119 e. The summed E-state index contributed by atoms with van der Waals surface area (Å²) in [4.78, 5) is 0. The van der Waals surface area contributed by atoms with Crippen molar-refractivity contribution in [3.8, 4) is 5.75 Å². The Bertz CT molecular complexity index is 316. The highest BCUT2D eigenvalue weighted by molar-refractivity contribution is 5.27. The van der Waals surface area contributed by atoms with E-state index >= 15 is 0 Å². The van der Waals surface area contributed by atoms with Crippen molar-refractivity contribution in [3.63, 3.8) is 0 Å². The molecule has 2 nitrogen and oxygen atoms in total. The van der Waals surface area contributed by atoms with Gasteiger partial charge in [0.25, 0.3) is 0 Å². The molecule has 1 saturated heterocycles. The lowest BCUT2D eigenvalue weighted by molar-refractivity contribution is 0.306. The lowest BCUT2D eigenvalue weighted by atomic mass is 9.94. The van der Waals surface area contributed by atoms with Gasteiger partial charge in [-0.15, -0.1) is 0 Å². The van der Waals surface area contributed by atoms with E-state index in [9.17, 15) is 0 Å². The molecule has 1 N–H and O–H groups in total. The van der Waals surface area contributed by atoms with Crippen molar-refractivity contribution in [2.24, 2.45) is 5.92 Å². The average Bonchev–Trinajstić information content (AvgIpc) is 2.31. The van der Waals surface area contributed by atoms with Crippen LogP contribution in [0.5, 0.6) is 5.75 Å². The Morgan fingerprint density at radius 1 is 1.18 bits per heavy atom. The molecule has 2 rings (SSSR count). The lowest BCUT2D eigenvalue weighted by Crippen LogP contribution is -2.43. The monoisotopic (exact) mass is 233 g/mol. The summed E-state index contributed by atoms with van der Waals surface area (Å²) >= 11 is 0. The van der Waals surface area contributed by atoms with Crippen LogP contribution in [0.4, 0.5) is 0 Å². The number of benzene rings is 1. The third-order valence-electron chi connectivity index (χ3n) is 3.33. The van der Waals surface area contributed by atoms with E-state index in [1.54, 1.807) is 0 Å². The van der Waals surface area contributed by atoms with Crippen molar-refractivity contribution >= 4 is 0 Å². The molecule has 1 fully saturated rings. The molecule has 0 aromatic heterocycles. The van der Waals surface area contributed by atoms with Crippen LogP contribution in [0.3, 0.4) is 0 Å². The zero-order valence-corrected chi connectivity index (χ0v) is 10.7. The van der Waals surface area contributed by atoms with E-state index in [4.69, 9.17) is 4.74 Å². The molecule has 0 bridgehead atoms. The summed E-state index contributed by atoms with van der Waals surface area (Å²) in [6.45, 7) is 5.41. The Morgan fingerprint density at radius 3 is 2.53 bits per heavy atom. The lowest BCUT2D eigenvalue weighted by Gasteiger charge is -2.27. The van der Waals surface area contributed by atoms with Crippen LogP contribution in [-0.2, 0) is 6.42 Å². The predicted molar refractivity (Wildman–Crippen MR) is 71.5 cm³/mol. The van der Waals surface area contributed by atoms with Gasteiger partial charge < -0.3 is 10.1 Å². The largest absolute Gasteiger partial charge is 0.494 e. The van der Waals surface area contributed by atoms with Crippen molar-refractivity contribution in [2.45, 2.75) is 32.6 Å². The van der Waals surface area contributed by atoms with Crippen molar-refractivity contribution in [3.05, 3.63) is 29.8 Å². The molecule has 0 aliphatic carbocycles. The molecular formula is C15H23NO. The fourth-order valence-corrected chi connectivity index (χ4v) is 2.09. The first-order chi connectivity index (χ1) is 8.38. The van der Waals surface area contributed by atoms with Gasteiger partial charge in [0, 0.05) is 0 Å². The van der Waals surface area contributed by atoms with E-state index in [-0.39, 0.29) is 0 Å². The molecule has 0 amide bonds. The van der Waals surface area contributed by atoms with Gasteiger partial charge in [-0.05, 0) is 49.5 Å². The summed E-state index contributed by atoms with van der Waals surface area (Å²) in [7, 11) is 0. The minimum atomic E-state index is 0.839. The van der Waals surface area contributed by atoms with Gasteiger partial charge in [-0.1, -0.05) is 31.9 Å². The zero-order chi connectivity index (χ0) is 11.9. The molecular weight excluding hydrogens is 210 g/mol. The van der Waals surface area contributed by atoms with Crippen LogP contribution in [0.2, 0.25) is 0 Å². The number of hydrogen-bond acceptors (Lipinski definition) is 2. The second-order valence-electron chi connectivity index (χ2n) is 4.93. The predicted octanol–water partition coefficient (Wildman–Crippen LogP) is 3.02. The first-order valence-electron chi connectivity index (χ1n) is 6.81. The third kappa shape index (κ3) is 4.04. The van der Waals surface area contributed by atoms with Gasteiger partial charge in [0.05, 0.1) is 6.61 Å². The Kier molecular flexibility index (Phi) is 4.87. The van der Waals surface area contributed by atoms with E-state index in [0.29, 0.717) is 0 Å². The van der Waals surface area contributed by atoms with E-state index in [1.807, 2.05) is 0 Å². The molecule has 0 saturated carbocycles. The molecule has 1 aromatic rings. The van der Waals surface area contributed by atoms with Crippen LogP contribution < -0.4 is 10.1 Å². The van der Waals surface area contributed by atoms with Crippen LogP contribution in [0.25, 0.3) is 0 Å². The fraction of sp³-hybridized carbons (Fsp3) is 0.600. The number of rotatable bonds is 7. The van der Waals surface area contributed by atoms with Gasteiger partial charge in [-0.3, -0.25) is 0 Å². The molecule has 1 heterocycles. The van der Waals surface area contributed by atoms with Gasteiger partial charge in [0.1, 0.15) is 5.75 Å². The SMILES string of the molecule is CCCCCOc1ccc(CC2CNC2)cc1. The van der Waals surface area contributed by atoms with E-state index < -0.39 is 0 Å². The number of nitrogens with one attached hydrogen (secondary N) is 1. The summed E-state index contributed by atoms with van der Waals surface area (Å²) in [5, 5.41) is 3.31. The molecule has 0 radical (unpaired) electrons. The van der Waals surface area contributed by atoms with Gasteiger partial charge >= 0.3 is 0 Å². The first kappa shape index (κ1) is 12.4. The third-order valence-corrected chi connectivity index (χ3v) is 3.33. The summed E-state index contributed by atoms with van der Waals surface area (Å²) in [6, 6.07) is 8.61. The van der Waals surface area contributed by atoms with Crippen molar-refractivity contribution in [1.29, 1.82) is 0 Å². The summed E-state index contributed by atoms with van der Waals surface area (Å²) < 4.78 is 5.70. The minimum Gasteiger partial charge on any atom is -0.494 e. The molecule has 0 unspecified atom stereocenters. The molecule has 17 heavy (non-hydrogen) atoms. The van der Waals surface area contributed by atoms with Crippen LogP contribution in [0, 0.1) is 5.92 Å². The highest BCUT2D eigenvalue weighted by atomic mass is 16.5. The van der Waals surface area contributed by atoms with Gasteiger partial charge in [-0.2, -0.15) is 0 Å². The maximum absolute atomic E-state index is 5.70. The summed E-state index contributed by atoms with van der Waals surface area (Å²) in [5.41, 5.74) is 1.43. The van der Waals surface area contributed by atoms with Crippen LogP contribution >= 0.6 is 0 Å².